The molecule has 2 aromatic heterocycles. The van der Waals surface area contributed by atoms with Gasteiger partial charge in [0.15, 0.2) is 6.29 Å². The molecule has 0 aromatic carbocycles. The zero-order valence-electron chi connectivity index (χ0n) is 12.6. The van der Waals surface area contributed by atoms with Crippen LogP contribution in [-0.2, 0) is 4.74 Å². The molecule has 5 nitrogen and oxygen atoms in total. The van der Waals surface area contributed by atoms with Crippen LogP contribution in [0.1, 0.15) is 36.8 Å². The third-order valence-corrected chi connectivity index (χ3v) is 3.00. The maximum absolute atomic E-state index is 12.2. The van der Waals surface area contributed by atoms with Gasteiger partial charge >= 0.3 is 6.09 Å². The van der Waals surface area contributed by atoms with Crippen molar-refractivity contribution in [2.75, 3.05) is 0 Å². The maximum Gasteiger partial charge on any atom is 0.419 e. The van der Waals surface area contributed by atoms with Crippen LogP contribution in [0.3, 0.4) is 0 Å². The Balaban J connectivity index is 2.49. The van der Waals surface area contributed by atoms with Crippen molar-refractivity contribution in [3.8, 4) is 11.1 Å². The highest BCUT2D eigenvalue weighted by Gasteiger charge is 2.22. The summed E-state index contributed by atoms with van der Waals surface area (Å²) in [7, 11) is 0. The number of nitrogens with zero attached hydrogens (tertiary/aromatic N) is 2. The second-order valence-electron chi connectivity index (χ2n) is 5.76. The number of ether oxygens (including phenoxy) is 1. The first-order chi connectivity index (χ1) is 9.83. The fourth-order valence-corrected chi connectivity index (χ4v) is 2.04. The average molecular weight is 286 g/mol. The molecule has 0 atom stereocenters. The summed E-state index contributed by atoms with van der Waals surface area (Å²) < 4.78 is 6.58. The molecule has 0 spiro atoms. The monoisotopic (exact) mass is 286 g/mol. The molecule has 110 valence electrons. The van der Waals surface area contributed by atoms with E-state index in [-0.39, 0.29) is 0 Å². The van der Waals surface area contributed by atoms with Crippen LogP contribution < -0.4 is 0 Å². The van der Waals surface area contributed by atoms with E-state index in [1.165, 1.54) is 4.57 Å². The Morgan fingerprint density at radius 3 is 2.43 bits per heavy atom. The van der Waals surface area contributed by atoms with E-state index in [4.69, 9.17) is 4.74 Å². The van der Waals surface area contributed by atoms with Gasteiger partial charge in [0, 0.05) is 24.2 Å². The summed E-state index contributed by atoms with van der Waals surface area (Å²) in [5.74, 6) is 0. The third-order valence-electron chi connectivity index (χ3n) is 3.00. The molecule has 0 aliphatic heterocycles. The third kappa shape index (κ3) is 3.18. The molecule has 0 aliphatic carbocycles. The lowest BCUT2D eigenvalue weighted by Crippen LogP contribution is -2.27. The first-order valence-corrected chi connectivity index (χ1v) is 6.64. The summed E-state index contributed by atoms with van der Waals surface area (Å²) in [5, 5.41) is 0. The van der Waals surface area contributed by atoms with E-state index in [0.717, 1.165) is 16.7 Å². The van der Waals surface area contributed by atoms with Crippen molar-refractivity contribution < 1.29 is 14.3 Å². The molecule has 0 amide bonds. The molecule has 0 bridgehead atoms. The molecule has 0 N–H and O–H groups in total. The first kappa shape index (κ1) is 15.0. The summed E-state index contributed by atoms with van der Waals surface area (Å²) in [5.41, 5.74) is 2.13. The number of carbonyl (C=O) groups excluding carboxylic acids is 2. The van der Waals surface area contributed by atoms with E-state index < -0.39 is 11.7 Å². The van der Waals surface area contributed by atoms with Crippen LogP contribution in [0.25, 0.3) is 11.1 Å². The predicted octanol–water partition coefficient (Wildman–Crippen LogP) is 3.45. The summed E-state index contributed by atoms with van der Waals surface area (Å²) in [6.45, 7) is 7.16. The highest BCUT2D eigenvalue weighted by Crippen LogP contribution is 2.27. The molecule has 0 saturated heterocycles. The van der Waals surface area contributed by atoms with Gasteiger partial charge in [-0.25, -0.2) is 9.36 Å². The second-order valence-corrected chi connectivity index (χ2v) is 5.76. The molecule has 0 saturated carbocycles. The van der Waals surface area contributed by atoms with Gasteiger partial charge in [-0.2, -0.15) is 0 Å². The number of pyridine rings is 1. The minimum atomic E-state index is -0.619. The van der Waals surface area contributed by atoms with Gasteiger partial charge in [-0.05, 0) is 51.0 Å². The van der Waals surface area contributed by atoms with E-state index in [2.05, 4.69) is 4.98 Å². The lowest BCUT2D eigenvalue weighted by Gasteiger charge is -2.19. The summed E-state index contributed by atoms with van der Waals surface area (Å²) in [6.07, 6.45) is 5.07. The predicted molar refractivity (Wildman–Crippen MR) is 79.4 cm³/mol. The minimum absolute atomic E-state index is 0.302. The second kappa shape index (κ2) is 5.52. The van der Waals surface area contributed by atoms with Crippen LogP contribution in [0.4, 0.5) is 4.79 Å². The van der Waals surface area contributed by atoms with Gasteiger partial charge in [0.2, 0.25) is 0 Å². The van der Waals surface area contributed by atoms with E-state index in [1.54, 1.807) is 46.3 Å². The molecular formula is C16H18N2O3. The van der Waals surface area contributed by atoms with Gasteiger partial charge in [-0.3, -0.25) is 9.78 Å². The van der Waals surface area contributed by atoms with E-state index in [0.29, 0.717) is 12.0 Å². The normalized spacial score (nSPS) is 11.2. The zero-order valence-corrected chi connectivity index (χ0v) is 12.6. The molecule has 0 fully saturated rings. The van der Waals surface area contributed by atoms with Crippen LogP contribution in [-0.4, -0.2) is 27.5 Å². The van der Waals surface area contributed by atoms with Gasteiger partial charge in [-0.1, -0.05) is 0 Å². The van der Waals surface area contributed by atoms with Crippen LogP contribution in [0.15, 0.2) is 30.7 Å². The number of rotatable bonds is 2. The number of aldehydes is 1. The van der Waals surface area contributed by atoms with Crippen molar-refractivity contribution in [2.45, 2.75) is 33.3 Å². The SMILES string of the molecule is Cc1c(-c2ccncc2)cn(C(=O)OC(C)(C)C)c1C=O. The molecule has 2 aromatic rings. The van der Waals surface area contributed by atoms with Crippen molar-refractivity contribution in [2.24, 2.45) is 0 Å². The average Bonchev–Trinajstić information content (AvgIpc) is 2.75. The Labute approximate surface area is 123 Å². The molecule has 2 rings (SSSR count). The lowest BCUT2D eigenvalue weighted by molar-refractivity contribution is 0.0531. The van der Waals surface area contributed by atoms with Crippen molar-refractivity contribution in [3.63, 3.8) is 0 Å². The number of hydrogen-bond donors (Lipinski definition) is 0. The molecule has 2 heterocycles. The highest BCUT2D eigenvalue weighted by molar-refractivity contribution is 5.88. The summed E-state index contributed by atoms with van der Waals surface area (Å²) in [6, 6.07) is 3.66. The number of hydrogen-bond acceptors (Lipinski definition) is 4. The number of carbonyl (C=O) groups is 2. The molecule has 21 heavy (non-hydrogen) atoms. The van der Waals surface area contributed by atoms with Gasteiger partial charge in [0.25, 0.3) is 0 Å². The van der Waals surface area contributed by atoms with Crippen molar-refractivity contribution in [1.82, 2.24) is 9.55 Å². The van der Waals surface area contributed by atoms with Gasteiger partial charge in [0.1, 0.15) is 5.60 Å². The highest BCUT2D eigenvalue weighted by atomic mass is 16.6. The van der Waals surface area contributed by atoms with E-state index in [9.17, 15) is 9.59 Å². The Kier molecular flexibility index (Phi) is 3.93. The van der Waals surface area contributed by atoms with Crippen molar-refractivity contribution in [1.29, 1.82) is 0 Å². The Bertz CT molecular complexity index is 667. The minimum Gasteiger partial charge on any atom is -0.443 e. The quantitative estimate of drug-likeness (QED) is 0.793. The topological polar surface area (TPSA) is 61.2 Å². The van der Waals surface area contributed by atoms with E-state index >= 15 is 0 Å². The van der Waals surface area contributed by atoms with Crippen LogP contribution in [0, 0.1) is 6.92 Å². The van der Waals surface area contributed by atoms with Gasteiger partial charge in [0.05, 0.1) is 5.69 Å². The summed E-state index contributed by atoms with van der Waals surface area (Å²) >= 11 is 0. The fraction of sp³-hybridized carbons (Fsp3) is 0.312. The molecular weight excluding hydrogens is 268 g/mol. The number of aromatic nitrogens is 2. The standard InChI is InChI=1S/C16H18N2O3/c1-11-13(12-5-7-17-8-6-12)9-18(14(11)10-19)15(20)21-16(2,3)4/h5-10H,1-4H3. The van der Waals surface area contributed by atoms with Crippen molar-refractivity contribution in [3.05, 3.63) is 42.0 Å². The van der Waals surface area contributed by atoms with Crippen LogP contribution in [0.5, 0.6) is 0 Å². The Hall–Kier alpha value is -2.43. The van der Waals surface area contributed by atoms with Crippen LogP contribution >= 0.6 is 0 Å². The molecule has 0 unspecified atom stereocenters. The zero-order chi connectivity index (χ0) is 15.6. The smallest absolute Gasteiger partial charge is 0.419 e. The van der Waals surface area contributed by atoms with Gasteiger partial charge < -0.3 is 4.74 Å². The summed E-state index contributed by atoms with van der Waals surface area (Å²) in [4.78, 5) is 27.5. The molecule has 5 heteroatoms. The van der Waals surface area contributed by atoms with Gasteiger partial charge in [-0.15, -0.1) is 0 Å². The molecule has 0 radical (unpaired) electrons. The van der Waals surface area contributed by atoms with Crippen molar-refractivity contribution >= 4 is 12.4 Å². The Morgan fingerprint density at radius 1 is 1.29 bits per heavy atom. The van der Waals surface area contributed by atoms with E-state index in [1.807, 2.05) is 12.1 Å². The lowest BCUT2D eigenvalue weighted by atomic mass is 10.1. The molecule has 0 aliphatic rings. The Morgan fingerprint density at radius 2 is 1.90 bits per heavy atom. The fourth-order valence-electron chi connectivity index (χ4n) is 2.04. The first-order valence-electron chi connectivity index (χ1n) is 6.64. The maximum atomic E-state index is 12.2. The van der Waals surface area contributed by atoms with Crippen LogP contribution in [0.2, 0.25) is 0 Å². The largest absolute Gasteiger partial charge is 0.443 e.